The van der Waals surface area contributed by atoms with Gasteiger partial charge in [-0.05, 0) is 12.5 Å². The highest BCUT2D eigenvalue weighted by Crippen LogP contribution is 2.29. The van der Waals surface area contributed by atoms with E-state index in [1.807, 2.05) is 6.92 Å². The molecule has 0 saturated heterocycles. The van der Waals surface area contributed by atoms with Gasteiger partial charge >= 0.3 is 0 Å². The summed E-state index contributed by atoms with van der Waals surface area (Å²) in [7, 11) is 1.52. The molecular formula is C7H7Cl2NO. The Labute approximate surface area is 75.1 Å². The summed E-state index contributed by atoms with van der Waals surface area (Å²) in [5.41, 5.74) is 0.792. The minimum absolute atomic E-state index is 0.411. The van der Waals surface area contributed by atoms with Crippen LogP contribution in [0.25, 0.3) is 0 Å². The van der Waals surface area contributed by atoms with Gasteiger partial charge in [0, 0.05) is 6.20 Å². The number of nitrogens with zero attached hydrogens (tertiary/aromatic N) is 1. The molecule has 0 atom stereocenters. The Morgan fingerprint density at radius 3 is 2.64 bits per heavy atom. The second kappa shape index (κ2) is 3.28. The van der Waals surface area contributed by atoms with Gasteiger partial charge in [-0.1, -0.05) is 23.2 Å². The number of hydrogen-bond donors (Lipinski definition) is 0. The molecule has 0 aliphatic heterocycles. The molecule has 60 valence electrons. The van der Waals surface area contributed by atoms with Gasteiger partial charge < -0.3 is 4.74 Å². The molecule has 11 heavy (non-hydrogen) atoms. The highest BCUT2D eigenvalue weighted by Gasteiger charge is 2.07. The molecule has 1 heterocycles. The fourth-order valence-electron chi connectivity index (χ4n) is 0.676. The van der Waals surface area contributed by atoms with Crippen molar-refractivity contribution < 1.29 is 4.74 Å². The van der Waals surface area contributed by atoms with E-state index in [1.54, 1.807) is 0 Å². The maximum absolute atomic E-state index is 5.83. The monoisotopic (exact) mass is 191 g/mol. The van der Waals surface area contributed by atoms with Gasteiger partial charge in [0.1, 0.15) is 5.02 Å². The Balaban J connectivity index is 3.25. The molecule has 1 rings (SSSR count). The van der Waals surface area contributed by atoms with Crippen LogP contribution in [-0.2, 0) is 0 Å². The third-order valence-corrected chi connectivity index (χ3v) is 2.19. The van der Waals surface area contributed by atoms with Gasteiger partial charge in [-0.3, -0.25) is 0 Å². The number of methoxy groups -OCH3 is 1. The lowest BCUT2D eigenvalue weighted by molar-refractivity contribution is 0.398. The molecule has 0 N–H and O–H groups in total. The van der Waals surface area contributed by atoms with Gasteiger partial charge in [-0.2, -0.15) is 0 Å². The largest absolute Gasteiger partial charge is 0.480 e. The van der Waals surface area contributed by atoms with E-state index in [0.717, 1.165) is 5.56 Å². The van der Waals surface area contributed by atoms with Gasteiger partial charge in [0.05, 0.1) is 12.1 Å². The van der Waals surface area contributed by atoms with Crippen molar-refractivity contribution in [3.63, 3.8) is 0 Å². The fraction of sp³-hybridized carbons (Fsp3) is 0.286. The van der Waals surface area contributed by atoms with Crippen LogP contribution >= 0.6 is 23.2 Å². The van der Waals surface area contributed by atoms with Crippen molar-refractivity contribution in [2.24, 2.45) is 0 Å². The molecule has 0 aliphatic rings. The van der Waals surface area contributed by atoms with Crippen LogP contribution in [0.3, 0.4) is 0 Å². The number of ether oxygens (including phenoxy) is 1. The highest BCUT2D eigenvalue weighted by molar-refractivity contribution is 6.36. The lowest BCUT2D eigenvalue weighted by Crippen LogP contribution is -1.90. The molecule has 0 bridgehead atoms. The number of hydrogen-bond acceptors (Lipinski definition) is 2. The van der Waals surface area contributed by atoms with Crippen LogP contribution in [0.1, 0.15) is 5.56 Å². The molecule has 0 unspecified atom stereocenters. The van der Waals surface area contributed by atoms with Gasteiger partial charge in [0.2, 0.25) is 5.88 Å². The van der Waals surface area contributed by atoms with Crippen molar-refractivity contribution in [1.82, 2.24) is 4.98 Å². The van der Waals surface area contributed by atoms with Crippen LogP contribution in [0.4, 0.5) is 0 Å². The summed E-state index contributed by atoms with van der Waals surface area (Å²) >= 11 is 11.6. The summed E-state index contributed by atoms with van der Waals surface area (Å²) in [6.45, 7) is 1.81. The van der Waals surface area contributed by atoms with Crippen LogP contribution in [-0.4, -0.2) is 12.1 Å². The molecule has 1 aromatic heterocycles. The highest BCUT2D eigenvalue weighted by atomic mass is 35.5. The Bertz CT molecular complexity index is 275. The van der Waals surface area contributed by atoms with Crippen molar-refractivity contribution in [2.45, 2.75) is 6.92 Å². The quantitative estimate of drug-likeness (QED) is 0.682. The first kappa shape index (κ1) is 8.62. The first-order chi connectivity index (χ1) is 5.16. The van der Waals surface area contributed by atoms with E-state index in [0.29, 0.717) is 15.9 Å². The smallest absolute Gasteiger partial charge is 0.232 e. The number of rotatable bonds is 1. The van der Waals surface area contributed by atoms with Crippen molar-refractivity contribution in [3.8, 4) is 5.88 Å². The topological polar surface area (TPSA) is 22.1 Å². The first-order valence-corrected chi connectivity index (χ1v) is 3.77. The second-order valence-electron chi connectivity index (χ2n) is 2.05. The third-order valence-electron chi connectivity index (χ3n) is 1.36. The lowest BCUT2D eigenvalue weighted by Gasteiger charge is -2.04. The van der Waals surface area contributed by atoms with E-state index in [1.165, 1.54) is 13.3 Å². The molecule has 0 aromatic carbocycles. The molecule has 1 aromatic rings. The van der Waals surface area contributed by atoms with Crippen molar-refractivity contribution in [1.29, 1.82) is 0 Å². The summed E-state index contributed by atoms with van der Waals surface area (Å²) in [4.78, 5) is 3.87. The molecule has 0 saturated carbocycles. The molecule has 2 nitrogen and oxygen atoms in total. The summed E-state index contributed by atoms with van der Waals surface area (Å²) in [5.74, 6) is 0.411. The predicted octanol–water partition coefficient (Wildman–Crippen LogP) is 2.71. The van der Waals surface area contributed by atoms with Crippen LogP contribution in [0, 0.1) is 6.92 Å². The van der Waals surface area contributed by atoms with Gasteiger partial charge in [-0.15, -0.1) is 0 Å². The van der Waals surface area contributed by atoms with Gasteiger partial charge in [0.15, 0.2) is 0 Å². The number of halogens is 2. The van der Waals surface area contributed by atoms with E-state index >= 15 is 0 Å². The van der Waals surface area contributed by atoms with Crippen molar-refractivity contribution >= 4 is 23.2 Å². The van der Waals surface area contributed by atoms with Crippen LogP contribution in [0.15, 0.2) is 6.20 Å². The summed E-state index contributed by atoms with van der Waals surface area (Å²) in [6, 6.07) is 0. The average Bonchev–Trinajstić information content (AvgIpc) is 2.01. The summed E-state index contributed by atoms with van der Waals surface area (Å²) in [6.07, 6.45) is 1.52. The molecule has 0 fully saturated rings. The first-order valence-electron chi connectivity index (χ1n) is 3.01. The summed E-state index contributed by atoms with van der Waals surface area (Å²) in [5, 5.41) is 1.02. The van der Waals surface area contributed by atoms with E-state index in [4.69, 9.17) is 27.9 Å². The Hall–Kier alpha value is -0.470. The van der Waals surface area contributed by atoms with Gasteiger partial charge in [-0.25, -0.2) is 4.98 Å². The Morgan fingerprint density at radius 2 is 2.09 bits per heavy atom. The molecule has 0 aliphatic carbocycles. The molecule has 4 heteroatoms. The van der Waals surface area contributed by atoms with Crippen LogP contribution in [0.2, 0.25) is 10.0 Å². The standard InChI is InChI=1S/C7H7Cl2NO/c1-4-5(8)3-10-7(11-2)6(4)9/h3H,1-2H3. The summed E-state index contributed by atoms with van der Waals surface area (Å²) < 4.78 is 4.88. The van der Waals surface area contributed by atoms with Crippen LogP contribution in [0.5, 0.6) is 5.88 Å². The van der Waals surface area contributed by atoms with Gasteiger partial charge in [0.25, 0.3) is 0 Å². The molecular weight excluding hydrogens is 185 g/mol. The molecule has 0 spiro atoms. The Kier molecular flexibility index (Phi) is 2.58. The number of aromatic nitrogens is 1. The maximum atomic E-state index is 5.83. The zero-order chi connectivity index (χ0) is 8.43. The molecule has 0 amide bonds. The van der Waals surface area contributed by atoms with Crippen molar-refractivity contribution in [3.05, 3.63) is 21.8 Å². The van der Waals surface area contributed by atoms with E-state index in [2.05, 4.69) is 4.98 Å². The lowest BCUT2D eigenvalue weighted by atomic mass is 10.3. The molecule has 0 radical (unpaired) electrons. The van der Waals surface area contributed by atoms with E-state index in [9.17, 15) is 0 Å². The average molecular weight is 192 g/mol. The predicted molar refractivity (Wildman–Crippen MR) is 45.5 cm³/mol. The minimum atomic E-state index is 0.411. The normalized spacial score (nSPS) is 9.82. The maximum Gasteiger partial charge on any atom is 0.232 e. The Morgan fingerprint density at radius 1 is 1.45 bits per heavy atom. The minimum Gasteiger partial charge on any atom is -0.480 e. The van der Waals surface area contributed by atoms with Crippen LogP contribution < -0.4 is 4.74 Å². The zero-order valence-corrected chi connectivity index (χ0v) is 7.70. The van der Waals surface area contributed by atoms with E-state index < -0.39 is 0 Å². The van der Waals surface area contributed by atoms with E-state index in [-0.39, 0.29) is 0 Å². The second-order valence-corrected chi connectivity index (χ2v) is 2.84. The zero-order valence-electron chi connectivity index (χ0n) is 6.19. The fourth-order valence-corrected chi connectivity index (χ4v) is 1.10. The van der Waals surface area contributed by atoms with Crippen molar-refractivity contribution in [2.75, 3.05) is 7.11 Å². The SMILES string of the molecule is COc1ncc(Cl)c(C)c1Cl. The third kappa shape index (κ3) is 1.57. The number of pyridine rings is 1.